The highest BCUT2D eigenvalue weighted by Gasteiger charge is 2.24. The first-order valence-corrected chi connectivity index (χ1v) is 6.53. The van der Waals surface area contributed by atoms with E-state index in [9.17, 15) is 5.11 Å². The van der Waals surface area contributed by atoms with Crippen molar-refractivity contribution in [3.8, 4) is 0 Å². The van der Waals surface area contributed by atoms with Crippen LogP contribution in [0.4, 0.5) is 0 Å². The lowest BCUT2D eigenvalue weighted by Crippen LogP contribution is -2.41. The van der Waals surface area contributed by atoms with Gasteiger partial charge in [-0.3, -0.25) is 4.90 Å². The smallest absolute Gasteiger partial charge is 0.0590 e. The summed E-state index contributed by atoms with van der Waals surface area (Å²) in [5, 5.41) is 9.74. The van der Waals surface area contributed by atoms with E-state index >= 15 is 0 Å². The minimum absolute atomic E-state index is 0.107. The first kappa shape index (κ1) is 12.6. The number of aliphatic hydroxyl groups is 1. The van der Waals surface area contributed by atoms with Crippen molar-refractivity contribution in [1.82, 2.24) is 4.90 Å². The molecule has 17 heavy (non-hydrogen) atoms. The van der Waals surface area contributed by atoms with Gasteiger partial charge in [-0.15, -0.1) is 0 Å². The molecule has 2 nitrogen and oxygen atoms in total. The van der Waals surface area contributed by atoms with Crippen LogP contribution in [0.15, 0.2) is 18.2 Å². The van der Waals surface area contributed by atoms with Crippen LogP contribution in [0.25, 0.3) is 0 Å². The monoisotopic (exact) mass is 233 g/mol. The van der Waals surface area contributed by atoms with Gasteiger partial charge in [-0.25, -0.2) is 0 Å². The first-order chi connectivity index (χ1) is 8.08. The van der Waals surface area contributed by atoms with Crippen LogP contribution in [0, 0.1) is 19.8 Å². The topological polar surface area (TPSA) is 23.5 Å². The molecule has 2 rings (SSSR count). The van der Waals surface area contributed by atoms with Gasteiger partial charge in [0.2, 0.25) is 0 Å². The molecule has 0 saturated carbocycles. The maximum absolute atomic E-state index is 9.74. The zero-order valence-corrected chi connectivity index (χ0v) is 11.1. The summed E-state index contributed by atoms with van der Waals surface area (Å²) in [6.45, 7) is 9.56. The zero-order valence-electron chi connectivity index (χ0n) is 11.1. The van der Waals surface area contributed by atoms with Crippen molar-refractivity contribution in [2.45, 2.75) is 39.8 Å². The van der Waals surface area contributed by atoms with Gasteiger partial charge >= 0.3 is 0 Å². The maximum Gasteiger partial charge on any atom is 0.0590 e. The fraction of sp³-hybridized carbons (Fsp3) is 0.600. The number of hydrogen-bond acceptors (Lipinski definition) is 2. The number of likely N-dealkylation sites (tertiary alicyclic amines) is 1. The lowest BCUT2D eigenvalue weighted by atomic mass is 9.95. The van der Waals surface area contributed by atoms with Gasteiger partial charge in [0.05, 0.1) is 6.10 Å². The number of piperidine rings is 1. The fourth-order valence-corrected chi connectivity index (χ4v) is 2.69. The summed E-state index contributed by atoms with van der Waals surface area (Å²) < 4.78 is 0. The Labute approximate surface area is 104 Å². The molecule has 2 heteroatoms. The number of aliphatic hydroxyl groups excluding tert-OH is 1. The molecule has 1 aliphatic rings. The number of hydrogen-bond donors (Lipinski definition) is 1. The standard InChI is InChI=1S/C15H23NO/c1-11-5-4-6-12(2)14(11)10-16-8-7-15(17)13(3)9-16/h4-6,13,15,17H,7-10H2,1-3H3. The first-order valence-electron chi connectivity index (χ1n) is 6.53. The van der Waals surface area contributed by atoms with E-state index in [4.69, 9.17) is 0 Å². The Morgan fingerprint density at radius 2 is 1.94 bits per heavy atom. The van der Waals surface area contributed by atoms with E-state index in [0.29, 0.717) is 5.92 Å². The minimum Gasteiger partial charge on any atom is -0.393 e. The van der Waals surface area contributed by atoms with Crippen molar-refractivity contribution in [3.63, 3.8) is 0 Å². The molecule has 1 aromatic carbocycles. The second kappa shape index (κ2) is 5.19. The molecule has 94 valence electrons. The van der Waals surface area contributed by atoms with E-state index in [-0.39, 0.29) is 6.10 Å². The van der Waals surface area contributed by atoms with Gasteiger partial charge in [0.1, 0.15) is 0 Å². The van der Waals surface area contributed by atoms with Crippen molar-refractivity contribution >= 4 is 0 Å². The molecule has 0 aliphatic carbocycles. The molecule has 1 aromatic rings. The highest BCUT2D eigenvalue weighted by molar-refractivity contribution is 5.33. The van der Waals surface area contributed by atoms with Gasteiger partial charge in [-0.2, -0.15) is 0 Å². The Morgan fingerprint density at radius 3 is 2.53 bits per heavy atom. The van der Waals surface area contributed by atoms with E-state index in [1.807, 2.05) is 0 Å². The predicted molar refractivity (Wildman–Crippen MR) is 71.0 cm³/mol. The Bertz CT molecular complexity index is 368. The molecular formula is C15H23NO. The maximum atomic E-state index is 9.74. The Kier molecular flexibility index (Phi) is 3.85. The van der Waals surface area contributed by atoms with Crippen LogP contribution in [-0.4, -0.2) is 29.2 Å². The summed E-state index contributed by atoms with van der Waals surface area (Å²) in [6, 6.07) is 6.49. The largest absolute Gasteiger partial charge is 0.393 e. The summed E-state index contributed by atoms with van der Waals surface area (Å²) in [6.07, 6.45) is 0.802. The van der Waals surface area contributed by atoms with Crippen molar-refractivity contribution in [2.24, 2.45) is 5.92 Å². The Morgan fingerprint density at radius 1 is 1.29 bits per heavy atom. The van der Waals surface area contributed by atoms with Crippen LogP contribution in [0.3, 0.4) is 0 Å². The lowest BCUT2D eigenvalue weighted by molar-refractivity contribution is 0.0319. The summed E-state index contributed by atoms with van der Waals surface area (Å²) in [5.74, 6) is 0.396. The van der Waals surface area contributed by atoms with Crippen LogP contribution >= 0.6 is 0 Å². The van der Waals surface area contributed by atoms with Crippen molar-refractivity contribution in [3.05, 3.63) is 34.9 Å². The molecule has 2 atom stereocenters. The molecule has 0 amide bonds. The second-order valence-electron chi connectivity index (χ2n) is 5.44. The van der Waals surface area contributed by atoms with E-state index in [0.717, 1.165) is 26.1 Å². The van der Waals surface area contributed by atoms with Crippen molar-refractivity contribution in [2.75, 3.05) is 13.1 Å². The van der Waals surface area contributed by atoms with Gasteiger partial charge < -0.3 is 5.11 Å². The number of aryl methyl sites for hydroxylation is 2. The second-order valence-corrected chi connectivity index (χ2v) is 5.44. The molecule has 1 N–H and O–H groups in total. The molecule has 2 unspecified atom stereocenters. The number of rotatable bonds is 2. The van der Waals surface area contributed by atoms with Crippen LogP contribution in [0.1, 0.15) is 30.0 Å². The highest BCUT2D eigenvalue weighted by Crippen LogP contribution is 2.21. The Hall–Kier alpha value is -0.860. The normalized spacial score (nSPS) is 26.1. The molecule has 1 saturated heterocycles. The lowest BCUT2D eigenvalue weighted by Gasteiger charge is -2.35. The third-order valence-corrected chi connectivity index (χ3v) is 3.97. The van der Waals surface area contributed by atoms with Crippen molar-refractivity contribution < 1.29 is 5.11 Å². The average Bonchev–Trinajstić information content (AvgIpc) is 2.28. The average molecular weight is 233 g/mol. The number of benzene rings is 1. The third-order valence-electron chi connectivity index (χ3n) is 3.97. The molecule has 0 radical (unpaired) electrons. The summed E-state index contributed by atoms with van der Waals surface area (Å²) >= 11 is 0. The summed E-state index contributed by atoms with van der Waals surface area (Å²) in [4.78, 5) is 2.46. The summed E-state index contributed by atoms with van der Waals surface area (Å²) in [5.41, 5.74) is 4.21. The van der Waals surface area contributed by atoms with E-state index < -0.39 is 0 Å². The molecule has 0 spiro atoms. The number of nitrogens with zero attached hydrogens (tertiary/aromatic N) is 1. The van der Waals surface area contributed by atoms with Gasteiger partial charge in [-0.05, 0) is 42.9 Å². The SMILES string of the molecule is Cc1cccc(C)c1CN1CCC(O)C(C)C1. The third kappa shape index (κ3) is 2.88. The van der Waals surface area contributed by atoms with Gasteiger partial charge in [0.25, 0.3) is 0 Å². The molecule has 0 aromatic heterocycles. The van der Waals surface area contributed by atoms with Crippen LogP contribution in [-0.2, 0) is 6.54 Å². The highest BCUT2D eigenvalue weighted by atomic mass is 16.3. The quantitative estimate of drug-likeness (QED) is 0.848. The van der Waals surface area contributed by atoms with Crippen LogP contribution in [0.5, 0.6) is 0 Å². The molecule has 1 aliphatic heterocycles. The van der Waals surface area contributed by atoms with Crippen LogP contribution < -0.4 is 0 Å². The van der Waals surface area contributed by atoms with Gasteiger partial charge in [0.15, 0.2) is 0 Å². The van der Waals surface area contributed by atoms with E-state index in [1.54, 1.807) is 0 Å². The van der Waals surface area contributed by atoms with Gasteiger partial charge in [0, 0.05) is 19.6 Å². The Balaban J connectivity index is 2.06. The predicted octanol–water partition coefficient (Wildman–Crippen LogP) is 2.51. The molecule has 1 heterocycles. The molecular weight excluding hydrogens is 210 g/mol. The van der Waals surface area contributed by atoms with Crippen LogP contribution in [0.2, 0.25) is 0 Å². The molecule has 0 bridgehead atoms. The molecule has 1 fully saturated rings. The van der Waals surface area contributed by atoms with Crippen molar-refractivity contribution in [1.29, 1.82) is 0 Å². The van der Waals surface area contributed by atoms with E-state index in [1.165, 1.54) is 16.7 Å². The zero-order chi connectivity index (χ0) is 12.4. The van der Waals surface area contributed by atoms with Gasteiger partial charge in [-0.1, -0.05) is 25.1 Å². The minimum atomic E-state index is -0.107. The fourth-order valence-electron chi connectivity index (χ4n) is 2.69. The van der Waals surface area contributed by atoms with E-state index in [2.05, 4.69) is 43.9 Å². The summed E-state index contributed by atoms with van der Waals surface area (Å²) in [7, 11) is 0.